The summed E-state index contributed by atoms with van der Waals surface area (Å²) in [7, 11) is 0. The van der Waals surface area contributed by atoms with Crippen LogP contribution in [0, 0.1) is 6.92 Å². The topological polar surface area (TPSA) is 84.7 Å². The third-order valence-corrected chi connectivity index (χ3v) is 3.94. The molecule has 0 aliphatic rings. The fraction of sp³-hybridized carbons (Fsp3) is 0.200. The number of hydrogen-bond donors (Lipinski definition) is 2. The first-order chi connectivity index (χ1) is 11.2. The second kappa shape index (κ2) is 7.01. The van der Waals surface area contributed by atoms with Gasteiger partial charge in [0.05, 0.1) is 10.6 Å². The van der Waals surface area contributed by atoms with Crippen molar-refractivity contribution in [3.63, 3.8) is 0 Å². The van der Waals surface area contributed by atoms with Crippen LogP contribution in [-0.4, -0.2) is 38.7 Å². The van der Waals surface area contributed by atoms with Gasteiger partial charge in [-0.3, -0.25) is 4.79 Å². The maximum Gasteiger partial charge on any atom is 0.261 e. The van der Waals surface area contributed by atoms with E-state index in [4.69, 9.17) is 0 Å². The van der Waals surface area contributed by atoms with Crippen molar-refractivity contribution in [1.29, 1.82) is 0 Å². The molecule has 7 nitrogen and oxygen atoms in total. The molecule has 23 heavy (non-hydrogen) atoms. The first kappa shape index (κ1) is 15.2. The smallest absolute Gasteiger partial charge is 0.261 e. The number of carbonyl (C=O) groups excluding carboxylic acids is 1. The standard InChI is InChI=1S/C15H16N6OS/c1-11-4-7-21(20-11)14-9-13(18-10-19-14)16-5-6-17-15(22)12-3-2-8-23-12/h2-4,7-10H,5-6H2,1H3,(H,17,22)(H,16,18,19). The van der Waals surface area contributed by atoms with Gasteiger partial charge in [-0.1, -0.05) is 6.07 Å². The fourth-order valence-electron chi connectivity index (χ4n) is 1.97. The van der Waals surface area contributed by atoms with Crippen molar-refractivity contribution in [2.24, 2.45) is 0 Å². The number of nitrogens with one attached hydrogen (secondary N) is 2. The minimum Gasteiger partial charge on any atom is -0.368 e. The Kier molecular flexibility index (Phi) is 4.62. The van der Waals surface area contributed by atoms with Gasteiger partial charge in [0.25, 0.3) is 5.91 Å². The molecule has 3 rings (SSSR count). The van der Waals surface area contributed by atoms with Gasteiger partial charge in [-0.25, -0.2) is 14.6 Å². The van der Waals surface area contributed by atoms with Crippen molar-refractivity contribution < 1.29 is 4.79 Å². The van der Waals surface area contributed by atoms with Gasteiger partial charge in [0, 0.05) is 25.4 Å². The van der Waals surface area contributed by atoms with E-state index in [-0.39, 0.29) is 5.91 Å². The Morgan fingerprint density at radius 3 is 2.96 bits per heavy atom. The van der Waals surface area contributed by atoms with Gasteiger partial charge >= 0.3 is 0 Å². The molecule has 0 bridgehead atoms. The second-order valence-electron chi connectivity index (χ2n) is 4.82. The second-order valence-corrected chi connectivity index (χ2v) is 5.77. The van der Waals surface area contributed by atoms with Crippen LogP contribution in [0.25, 0.3) is 5.82 Å². The molecule has 0 saturated carbocycles. The van der Waals surface area contributed by atoms with Crippen LogP contribution >= 0.6 is 11.3 Å². The number of aryl methyl sites for hydroxylation is 1. The summed E-state index contributed by atoms with van der Waals surface area (Å²) in [6.45, 7) is 3.01. The number of nitrogens with zero attached hydrogens (tertiary/aromatic N) is 4. The average molecular weight is 328 g/mol. The molecular weight excluding hydrogens is 312 g/mol. The van der Waals surface area contributed by atoms with Crippen LogP contribution < -0.4 is 10.6 Å². The normalized spacial score (nSPS) is 10.5. The molecule has 0 unspecified atom stereocenters. The summed E-state index contributed by atoms with van der Waals surface area (Å²) in [5.41, 5.74) is 0.925. The Balaban J connectivity index is 1.52. The first-order valence-corrected chi connectivity index (χ1v) is 8.00. The van der Waals surface area contributed by atoms with Crippen molar-refractivity contribution in [3.8, 4) is 5.82 Å². The summed E-state index contributed by atoms with van der Waals surface area (Å²) in [5, 5.41) is 12.2. The molecule has 0 radical (unpaired) electrons. The van der Waals surface area contributed by atoms with E-state index in [0.29, 0.717) is 29.6 Å². The van der Waals surface area contributed by atoms with Crippen LogP contribution in [0.4, 0.5) is 5.82 Å². The van der Waals surface area contributed by atoms with Crippen molar-refractivity contribution in [2.45, 2.75) is 6.92 Å². The quantitative estimate of drug-likeness (QED) is 0.675. The highest BCUT2D eigenvalue weighted by Gasteiger charge is 2.05. The molecule has 8 heteroatoms. The number of carbonyl (C=O) groups is 1. The fourth-order valence-corrected chi connectivity index (χ4v) is 2.61. The third kappa shape index (κ3) is 3.92. The number of hydrogen-bond acceptors (Lipinski definition) is 6. The van der Waals surface area contributed by atoms with Crippen LogP contribution in [0.15, 0.2) is 42.2 Å². The number of thiophene rings is 1. The van der Waals surface area contributed by atoms with Crippen molar-refractivity contribution >= 4 is 23.1 Å². The van der Waals surface area contributed by atoms with Crippen LogP contribution in [0.3, 0.4) is 0 Å². The zero-order valence-corrected chi connectivity index (χ0v) is 13.4. The molecule has 3 heterocycles. The van der Waals surface area contributed by atoms with Crippen molar-refractivity contribution in [2.75, 3.05) is 18.4 Å². The summed E-state index contributed by atoms with van der Waals surface area (Å²) >= 11 is 1.42. The van der Waals surface area contributed by atoms with Crippen LogP contribution in [-0.2, 0) is 0 Å². The van der Waals surface area contributed by atoms with Gasteiger partial charge in [0.2, 0.25) is 0 Å². The summed E-state index contributed by atoms with van der Waals surface area (Å²) in [6, 6.07) is 7.39. The van der Waals surface area contributed by atoms with E-state index in [1.165, 1.54) is 17.7 Å². The summed E-state index contributed by atoms with van der Waals surface area (Å²) in [6.07, 6.45) is 3.33. The average Bonchev–Trinajstić information content (AvgIpc) is 3.23. The SMILES string of the molecule is Cc1ccn(-c2cc(NCCNC(=O)c3cccs3)ncn2)n1. The van der Waals surface area contributed by atoms with E-state index in [1.807, 2.05) is 36.7 Å². The Bertz CT molecular complexity index is 783. The minimum absolute atomic E-state index is 0.0582. The lowest BCUT2D eigenvalue weighted by molar-refractivity contribution is 0.0959. The van der Waals surface area contributed by atoms with E-state index in [1.54, 1.807) is 10.7 Å². The highest BCUT2D eigenvalue weighted by atomic mass is 32.1. The Hall–Kier alpha value is -2.74. The van der Waals surface area contributed by atoms with E-state index < -0.39 is 0 Å². The Morgan fingerprint density at radius 1 is 1.30 bits per heavy atom. The summed E-state index contributed by atoms with van der Waals surface area (Å²) in [4.78, 5) is 20.9. The molecule has 3 aromatic heterocycles. The van der Waals surface area contributed by atoms with Crippen molar-refractivity contribution in [3.05, 3.63) is 52.7 Å². The van der Waals surface area contributed by atoms with Gasteiger partial charge in [0.1, 0.15) is 12.1 Å². The van der Waals surface area contributed by atoms with Gasteiger partial charge in [0.15, 0.2) is 5.82 Å². The highest BCUT2D eigenvalue weighted by molar-refractivity contribution is 7.12. The zero-order chi connectivity index (χ0) is 16.1. The zero-order valence-electron chi connectivity index (χ0n) is 12.6. The molecule has 0 aliphatic carbocycles. The molecule has 0 saturated heterocycles. The molecular formula is C15H16N6OS. The minimum atomic E-state index is -0.0582. The van der Waals surface area contributed by atoms with Crippen LogP contribution in [0.1, 0.15) is 15.4 Å². The van der Waals surface area contributed by atoms with Crippen LogP contribution in [0.2, 0.25) is 0 Å². The lowest BCUT2D eigenvalue weighted by atomic mass is 10.4. The molecule has 0 fully saturated rings. The third-order valence-electron chi connectivity index (χ3n) is 3.07. The summed E-state index contributed by atoms with van der Waals surface area (Å²) < 4.78 is 1.70. The highest BCUT2D eigenvalue weighted by Crippen LogP contribution is 2.09. The number of anilines is 1. The van der Waals surface area contributed by atoms with Crippen molar-refractivity contribution in [1.82, 2.24) is 25.1 Å². The predicted molar refractivity (Wildman–Crippen MR) is 89.0 cm³/mol. The summed E-state index contributed by atoms with van der Waals surface area (Å²) in [5.74, 6) is 1.32. The number of rotatable bonds is 6. The monoisotopic (exact) mass is 328 g/mol. The largest absolute Gasteiger partial charge is 0.368 e. The van der Waals surface area contributed by atoms with Gasteiger partial charge < -0.3 is 10.6 Å². The molecule has 0 atom stereocenters. The number of aromatic nitrogens is 4. The maximum absolute atomic E-state index is 11.8. The van der Waals surface area contributed by atoms with E-state index in [2.05, 4.69) is 25.7 Å². The van der Waals surface area contributed by atoms with Gasteiger partial charge in [-0.05, 0) is 24.4 Å². The maximum atomic E-state index is 11.8. The predicted octanol–water partition coefficient (Wildman–Crippen LogP) is 1.87. The molecule has 2 N–H and O–H groups in total. The molecule has 0 aliphatic heterocycles. The molecule has 0 aromatic carbocycles. The van der Waals surface area contributed by atoms with Crippen LogP contribution in [0.5, 0.6) is 0 Å². The molecule has 118 valence electrons. The Labute approximate surface area is 137 Å². The lowest BCUT2D eigenvalue weighted by Gasteiger charge is -2.07. The molecule has 3 aromatic rings. The van der Waals surface area contributed by atoms with Gasteiger partial charge in [-0.15, -0.1) is 11.3 Å². The number of amides is 1. The molecule has 0 spiro atoms. The van der Waals surface area contributed by atoms with Gasteiger partial charge in [-0.2, -0.15) is 5.10 Å². The van der Waals surface area contributed by atoms with E-state index >= 15 is 0 Å². The lowest BCUT2D eigenvalue weighted by Crippen LogP contribution is -2.28. The Morgan fingerprint density at radius 2 is 2.22 bits per heavy atom. The van der Waals surface area contributed by atoms with E-state index in [0.717, 1.165) is 5.69 Å². The van der Waals surface area contributed by atoms with E-state index in [9.17, 15) is 4.79 Å². The molecule has 1 amide bonds. The first-order valence-electron chi connectivity index (χ1n) is 7.12.